The van der Waals surface area contributed by atoms with E-state index in [1.807, 2.05) is 4.68 Å². The van der Waals surface area contributed by atoms with Crippen LogP contribution in [0.1, 0.15) is 51.0 Å². The van der Waals surface area contributed by atoms with E-state index in [2.05, 4.69) is 36.4 Å². The quantitative estimate of drug-likeness (QED) is 0.847. The summed E-state index contributed by atoms with van der Waals surface area (Å²) >= 11 is 0. The Balaban J connectivity index is 1.79. The van der Waals surface area contributed by atoms with Gasteiger partial charge in [-0.15, -0.1) is 0 Å². The Morgan fingerprint density at radius 1 is 1.30 bits per heavy atom. The molecule has 0 bridgehead atoms. The van der Waals surface area contributed by atoms with E-state index in [0.717, 1.165) is 37.7 Å². The molecule has 1 saturated carbocycles. The molecule has 0 spiro atoms. The van der Waals surface area contributed by atoms with Gasteiger partial charge < -0.3 is 0 Å². The highest BCUT2D eigenvalue weighted by molar-refractivity contribution is 5.79. The Kier molecular flexibility index (Phi) is 3.60. The second kappa shape index (κ2) is 5.39. The molecule has 0 atom stereocenters. The third-order valence-corrected chi connectivity index (χ3v) is 4.67. The van der Waals surface area contributed by atoms with Crippen molar-refractivity contribution in [1.29, 1.82) is 0 Å². The van der Waals surface area contributed by atoms with E-state index in [1.54, 1.807) is 6.92 Å². The fraction of sp³-hybridized carbons (Fsp3) is 0.529. The molecule has 0 N–H and O–H groups in total. The van der Waals surface area contributed by atoms with Crippen LogP contribution in [0.15, 0.2) is 24.4 Å². The zero-order chi connectivity index (χ0) is 14.1. The third-order valence-electron chi connectivity index (χ3n) is 4.67. The van der Waals surface area contributed by atoms with Crippen molar-refractivity contribution in [3.63, 3.8) is 0 Å². The fourth-order valence-electron chi connectivity index (χ4n) is 3.34. The van der Waals surface area contributed by atoms with E-state index in [4.69, 9.17) is 0 Å². The number of rotatable bonds is 3. The SMILES string of the molecule is CCn1cc2cc(C3CCC(C(C)=O)CC3)ccc2n1. The third kappa shape index (κ3) is 2.49. The summed E-state index contributed by atoms with van der Waals surface area (Å²) in [5.41, 5.74) is 2.49. The Bertz CT molecular complexity index is 621. The summed E-state index contributed by atoms with van der Waals surface area (Å²) in [6.45, 7) is 4.75. The number of carbonyl (C=O) groups excluding carboxylic acids is 1. The summed E-state index contributed by atoms with van der Waals surface area (Å²) in [6.07, 6.45) is 6.49. The number of fused-ring (bicyclic) bond motifs is 1. The van der Waals surface area contributed by atoms with Gasteiger partial charge in [-0.2, -0.15) is 5.10 Å². The van der Waals surface area contributed by atoms with Gasteiger partial charge in [0, 0.05) is 24.0 Å². The van der Waals surface area contributed by atoms with Crippen molar-refractivity contribution in [1.82, 2.24) is 9.78 Å². The van der Waals surface area contributed by atoms with Crippen molar-refractivity contribution in [2.24, 2.45) is 5.92 Å². The van der Waals surface area contributed by atoms with Crippen LogP contribution in [-0.2, 0) is 11.3 Å². The highest BCUT2D eigenvalue weighted by Crippen LogP contribution is 2.36. The van der Waals surface area contributed by atoms with Crippen molar-refractivity contribution >= 4 is 16.7 Å². The van der Waals surface area contributed by atoms with E-state index in [-0.39, 0.29) is 0 Å². The lowest BCUT2D eigenvalue weighted by molar-refractivity contribution is -0.121. The average Bonchev–Trinajstić information content (AvgIpc) is 2.89. The molecule has 0 radical (unpaired) electrons. The Morgan fingerprint density at radius 3 is 2.70 bits per heavy atom. The van der Waals surface area contributed by atoms with Gasteiger partial charge in [-0.3, -0.25) is 9.48 Å². The van der Waals surface area contributed by atoms with Gasteiger partial charge in [-0.1, -0.05) is 6.07 Å². The zero-order valence-electron chi connectivity index (χ0n) is 12.3. The number of aryl methyl sites for hydroxylation is 1. The Labute approximate surface area is 120 Å². The monoisotopic (exact) mass is 270 g/mol. The van der Waals surface area contributed by atoms with Crippen LogP contribution >= 0.6 is 0 Å². The van der Waals surface area contributed by atoms with E-state index in [0.29, 0.717) is 17.6 Å². The Hall–Kier alpha value is -1.64. The molecular weight excluding hydrogens is 248 g/mol. The molecule has 20 heavy (non-hydrogen) atoms. The maximum Gasteiger partial charge on any atom is 0.132 e. The molecule has 0 saturated heterocycles. The second-order valence-electron chi connectivity index (χ2n) is 5.96. The minimum atomic E-state index is 0.304. The van der Waals surface area contributed by atoms with Gasteiger partial charge in [0.05, 0.1) is 5.52 Å². The van der Waals surface area contributed by atoms with E-state index in [1.165, 1.54) is 10.9 Å². The van der Waals surface area contributed by atoms with Crippen LogP contribution in [0.2, 0.25) is 0 Å². The molecule has 0 unspecified atom stereocenters. The lowest BCUT2D eigenvalue weighted by atomic mass is 9.77. The maximum absolute atomic E-state index is 11.4. The normalized spacial score (nSPS) is 23.1. The molecule has 1 aliphatic rings. The lowest BCUT2D eigenvalue weighted by Gasteiger charge is -2.27. The van der Waals surface area contributed by atoms with E-state index < -0.39 is 0 Å². The molecule has 3 nitrogen and oxygen atoms in total. The fourth-order valence-corrected chi connectivity index (χ4v) is 3.34. The van der Waals surface area contributed by atoms with Crippen LogP contribution in [-0.4, -0.2) is 15.6 Å². The molecule has 1 fully saturated rings. The molecule has 3 heteroatoms. The largest absolute Gasteiger partial charge is 0.300 e. The number of hydrogen-bond donors (Lipinski definition) is 0. The maximum atomic E-state index is 11.4. The van der Waals surface area contributed by atoms with Crippen molar-refractivity contribution in [3.05, 3.63) is 30.0 Å². The van der Waals surface area contributed by atoms with Crippen LogP contribution in [0.5, 0.6) is 0 Å². The van der Waals surface area contributed by atoms with E-state index in [9.17, 15) is 4.79 Å². The smallest absolute Gasteiger partial charge is 0.132 e. The van der Waals surface area contributed by atoms with Gasteiger partial charge in [-0.05, 0) is 63.1 Å². The van der Waals surface area contributed by atoms with Crippen LogP contribution in [0.4, 0.5) is 0 Å². The number of aromatic nitrogens is 2. The van der Waals surface area contributed by atoms with Gasteiger partial charge in [0.25, 0.3) is 0 Å². The predicted octanol–water partition coefficient (Wildman–Crippen LogP) is 3.92. The Morgan fingerprint density at radius 2 is 2.05 bits per heavy atom. The van der Waals surface area contributed by atoms with Gasteiger partial charge >= 0.3 is 0 Å². The predicted molar refractivity (Wildman–Crippen MR) is 80.8 cm³/mol. The first kappa shape index (κ1) is 13.3. The summed E-state index contributed by atoms with van der Waals surface area (Å²) in [4.78, 5) is 11.4. The molecule has 3 rings (SSSR count). The lowest BCUT2D eigenvalue weighted by Crippen LogP contribution is -2.18. The van der Waals surface area contributed by atoms with Gasteiger partial charge in [0.1, 0.15) is 5.78 Å². The first-order valence-corrected chi connectivity index (χ1v) is 7.65. The molecule has 1 aliphatic carbocycles. The first-order chi connectivity index (χ1) is 9.67. The standard InChI is InChI=1S/C17H22N2O/c1-3-19-11-16-10-15(8-9-17(16)18-19)14-6-4-13(5-7-14)12(2)20/h8-11,13-14H,3-7H2,1-2H3. The minimum Gasteiger partial charge on any atom is -0.300 e. The number of hydrogen-bond acceptors (Lipinski definition) is 2. The molecule has 1 heterocycles. The van der Waals surface area contributed by atoms with Crippen LogP contribution in [0, 0.1) is 5.92 Å². The summed E-state index contributed by atoms with van der Waals surface area (Å²) < 4.78 is 1.99. The van der Waals surface area contributed by atoms with Crippen molar-refractivity contribution in [3.8, 4) is 0 Å². The molecule has 0 aliphatic heterocycles. The summed E-state index contributed by atoms with van der Waals surface area (Å²) in [5, 5.41) is 5.76. The highest BCUT2D eigenvalue weighted by Gasteiger charge is 2.25. The summed E-state index contributed by atoms with van der Waals surface area (Å²) in [6, 6.07) is 6.63. The zero-order valence-corrected chi connectivity index (χ0v) is 12.3. The average molecular weight is 270 g/mol. The highest BCUT2D eigenvalue weighted by atomic mass is 16.1. The van der Waals surface area contributed by atoms with Crippen LogP contribution in [0.3, 0.4) is 0 Å². The molecule has 1 aromatic carbocycles. The number of Topliss-reactive ketones (excluding diaryl/α,β-unsaturated/α-hetero) is 1. The second-order valence-corrected chi connectivity index (χ2v) is 5.96. The van der Waals surface area contributed by atoms with Crippen molar-refractivity contribution < 1.29 is 4.79 Å². The molecule has 0 amide bonds. The topological polar surface area (TPSA) is 34.9 Å². The van der Waals surface area contributed by atoms with Crippen LogP contribution < -0.4 is 0 Å². The summed E-state index contributed by atoms with van der Waals surface area (Å²) in [5.74, 6) is 1.28. The van der Waals surface area contributed by atoms with Gasteiger partial charge in [-0.25, -0.2) is 0 Å². The van der Waals surface area contributed by atoms with E-state index >= 15 is 0 Å². The molecular formula is C17H22N2O. The number of carbonyl (C=O) groups is 1. The molecule has 106 valence electrons. The van der Waals surface area contributed by atoms with Crippen molar-refractivity contribution in [2.45, 2.75) is 52.0 Å². The minimum absolute atomic E-state index is 0.304. The molecule has 1 aromatic heterocycles. The number of benzene rings is 1. The number of nitrogens with zero attached hydrogens (tertiary/aromatic N) is 2. The van der Waals surface area contributed by atoms with Crippen LogP contribution in [0.25, 0.3) is 10.9 Å². The van der Waals surface area contributed by atoms with Gasteiger partial charge in [0.15, 0.2) is 0 Å². The van der Waals surface area contributed by atoms with Gasteiger partial charge in [0.2, 0.25) is 0 Å². The van der Waals surface area contributed by atoms with Crippen molar-refractivity contribution in [2.75, 3.05) is 0 Å². The number of ketones is 1. The molecule has 2 aromatic rings. The first-order valence-electron chi connectivity index (χ1n) is 7.65. The summed E-state index contributed by atoms with van der Waals surface area (Å²) in [7, 11) is 0.